The molecule has 0 spiro atoms. The van der Waals surface area contributed by atoms with Crippen LogP contribution in [0.1, 0.15) is 75.4 Å². The molecule has 6 heteroatoms. The van der Waals surface area contributed by atoms with Gasteiger partial charge < -0.3 is 20.2 Å². The molecule has 2 aliphatic heterocycles. The van der Waals surface area contributed by atoms with Crippen LogP contribution in [0.2, 0.25) is 0 Å². The van der Waals surface area contributed by atoms with Crippen molar-refractivity contribution in [1.29, 1.82) is 0 Å². The third-order valence-corrected chi connectivity index (χ3v) is 11.1. The van der Waals surface area contributed by atoms with Crippen molar-refractivity contribution in [2.24, 2.45) is 0 Å². The molecule has 0 radical (unpaired) electrons. The first kappa shape index (κ1) is 36.7. The molecule has 0 atom stereocenters. The van der Waals surface area contributed by atoms with Gasteiger partial charge in [-0.3, -0.25) is 0 Å². The summed E-state index contributed by atoms with van der Waals surface area (Å²) in [5, 5.41) is 20.6. The lowest BCUT2D eigenvalue weighted by atomic mass is 9.86. The average Bonchev–Trinajstić information content (AvgIpc) is 4.04. The van der Waals surface area contributed by atoms with Crippen LogP contribution in [0, 0.1) is 0 Å². The Morgan fingerprint density at radius 1 is 0.345 bits per heavy atom. The largest absolute Gasteiger partial charge is 0.508 e. The molecule has 3 aromatic heterocycles. The summed E-state index contributed by atoms with van der Waals surface area (Å²) >= 11 is 0. The fourth-order valence-corrected chi connectivity index (χ4v) is 7.95. The van der Waals surface area contributed by atoms with Crippen LogP contribution in [0.25, 0.3) is 90.9 Å². The minimum absolute atomic E-state index is 0.00439. The molecule has 0 saturated carbocycles. The van der Waals surface area contributed by atoms with Gasteiger partial charge in [0.2, 0.25) is 0 Å². The first-order chi connectivity index (χ1) is 27.8. The van der Waals surface area contributed by atoms with E-state index in [0.717, 1.165) is 89.4 Å². The topological polar surface area (TPSA) is 97.8 Å². The predicted octanol–water partition coefficient (Wildman–Crippen LogP) is 13.3. The van der Waals surface area contributed by atoms with Crippen molar-refractivity contribution >= 4 is 46.4 Å². The van der Waals surface area contributed by atoms with Crippen LogP contribution in [0.4, 0.5) is 0 Å². The first-order valence-electron chi connectivity index (χ1n) is 19.8. The van der Waals surface area contributed by atoms with Gasteiger partial charge in [0, 0.05) is 44.3 Å². The van der Waals surface area contributed by atoms with Crippen LogP contribution in [-0.2, 0) is 10.8 Å². The average molecular weight is 759 g/mol. The lowest BCUT2D eigenvalue weighted by Crippen LogP contribution is -2.10. The molecule has 0 aliphatic carbocycles. The molecule has 0 fully saturated rings. The Bertz CT molecular complexity index is 2730. The summed E-state index contributed by atoms with van der Waals surface area (Å²) in [7, 11) is 0. The van der Waals surface area contributed by atoms with E-state index in [1.807, 2.05) is 24.3 Å². The molecule has 8 bridgehead atoms. The fraction of sp³-hybridized carbons (Fsp3) is 0.154. The lowest BCUT2D eigenvalue weighted by Gasteiger charge is -2.19. The number of hydrogen-bond donors (Lipinski definition) is 4. The number of aromatic amines is 2. The maximum atomic E-state index is 10.3. The Hall–Kier alpha value is -6.92. The van der Waals surface area contributed by atoms with Gasteiger partial charge in [0.05, 0.1) is 22.8 Å². The van der Waals surface area contributed by atoms with Crippen LogP contribution in [0.15, 0.2) is 121 Å². The zero-order valence-electron chi connectivity index (χ0n) is 33.6. The van der Waals surface area contributed by atoms with Crippen molar-refractivity contribution in [3.63, 3.8) is 0 Å². The molecule has 4 N–H and O–H groups in total. The van der Waals surface area contributed by atoms with Crippen molar-refractivity contribution in [2.45, 2.75) is 52.4 Å². The van der Waals surface area contributed by atoms with Crippen molar-refractivity contribution in [3.05, 3.63) is 155 Å². The second-order valence-electron chi connectivity index (χ2n) is 17.3. The third-order valence-electron chi connectivity index (χ3n) is 11.1. The summed E-state index contributed by atoms with van der Waals surface area (Å²) < 4.78 is 0. The maximum Gasteiger partial charge on any atom is 0.115 e. The van der Waals surface area contributed by atoms with Crippen molar-refractivity contribution in [2.75, 3.05) is 0 Å². The van der Waals surface area contributed by atoms with Crippen molar-refractivity contribution < 1.29 is 10.2 Å². The highest BCUT2D eigenvalue weighted by atomic mass is 16.3. The molecule has 58 heavy (non-hydrogen) atoms. The quantitative estimate of drug-likeness (QED) is 0.144. The molecule has 7 aromatic rings. The van der Waals surface area contributed by atoms with Gasteiger partial charge in [0.15, 0.2) is 0 Å². The Morgan fingerprint density at radius 3 is 0.828 bits per heavy atom. The minimum atomic E-state index is 0.00439. The number of fused-ring (bicyclic) bond motifs is 8. The van der Waals surface area contributed by atoms with E-state index >= 15 is 0 Å². The van der Waals surface area contributed by atoms with Crippen LogP contribution < -0.4 is 0 Å². The van der Waals surface area contributed by atoms with Gasteiger partial charge in [0.25, 0.3) is 0 Å². The normalized spacial score (nSPS) is 12.7. The number of rotatable bonds is 4. The van der Waals surface area contributed by atoms with E-state index in [1.54, 1.807) is 24.3 Å². The van der Waals surface area contributed by atoms with E-state index in [4.69, 9.17) is 9.97 Å². The molecule has 2 aliphatic rings. The van der Waals surface area contributed by atoms with E-state index in [0.29, 0.717) is 0 Å². The number of benzene rings is 4. The van der Waals surface area contributed by atoms with Crippen LogP contribution in [0.5, 0.6) is 11.5 Å². The highest BCUT2D eigenvalue weighted by molar-refractivity contribution is 5.99. The zero-order valence-corrected chi connectivity index (χ0v) is 33.6. The number of phenolic OH excluding ortho intramolecular Hbond substituents is 2. The van der Waals surface area contributed by atoms with E-state index < -0.39 is 0 Å². The van der Waals surface area contributed by atoms with Crippen molar-refractivity contribution in [3.8, 4) is 56.0 Å². The van der Waals surface area contributed by atoms with Gasteiger partial charge in [-0.05, 0) is 117 Å². The smallest absolute Gasteiger partial charge is 0.115 e. The number of aromatic hydroxyl groups is 2. The van der Waals surface area contributed by atoms with Crippen molar-refractivity contribution in [1.82, 2.24) is 19.9 Å². The highest BCUT2D eigenvalue weighted by Gasteiger charge is 2.21. The van der Waals surface area contributed by atoms with Gasteiger partial charge in [-0.15, -0.1) is 0 Å². The monoisotopic (exact) mass is 758 g/mol. The lowest BCUT2D eigenvalue weighted by molar-refractivity contribution is 0.475. The number of nitrogens with one attached hydrogen (secondary N) is 2. The van der Waals surface area contributed by atoms with Crippen LogP contribution in [-0.4, -0.2) is 30.1 Å². The summed E-state index contributed by atoms with van der Waals surface area (Å²) in [6.07, 6.45) is 8.35. The molecule has 0 unspecified atom stereocenters. The molecule has 5 heterocycles. The van der Waals surface area contributed by atoms with E-state index in [1.165, 1.54) is 11.1 Å². The van der Waals surface area contributed by atoms with Gasteiger partial charge in [-0.25, -0.2) is 9.97 Å². The number of nitrogens with zero attached hydrogens (tertiary/aromatic N) is 2. The molecule has 0 amide bonds. The molecular weight excluding hydrogens is 713 g/mol. The van der Waals surface area contributed by atoms with E-state index in [2.05, 4.69) is 149 Å². The summed E-state index contributed by atoms with van der Waals surface area (Å²) in [6, 6.07) is 40.6. The molecule has 4 aromatic carbocycles. The van der Waals surface area contributed by atoms with Crippen LogP contribution in [0.3, 0.4) is 0 Å². The third kappa shape index (κ3) is 6.81. The summed E-state index contributed by atoms with van der Waals surface area (Å²) in [5.74, 6) is 0.405. The second-order valence-corrected chi connectivity index (χ2v) is 17.3. The number of H-pyrrole nitrogens is 2. The predicted molar refractivity (Wildman–Crippen MR) is 241 cm³/mol. The molecule has 286 valence electrons. The second kappa shape index (κ2) is 13.9. The van der Waals surface area contributed by atoms with Gasteiger partial charge in [0.1, 0.15) is 11.5 Å². The van der Waals surface area contributed by atoms with Gasteiger partial charge >= 0.3 is 0 Å². The fourth-order valence-electron chi connectivity index (χ4n) is 7.95. The van der Waals surface area contributed by atoms with Crippen LogP contribution >= 0.6 is 0 Å². The highest BCUT2D eigenvalue weighted by Crippen LogP contribution is 2.39. The SMILES string of the molecule is CC(C)(C)c1ccc(-c2c3nc(c(-c4ccc(O)cc4)c4ccc([nH]4)c(-c4ccc(C(C)(C)C)cc4)c4nc(c(-c5ccc(O)cc5)c5ccc2[nH]5)C=C4)C=C3)cc1. The zero-order chi connectivity index (χ0) is 40.3. The summed E-state index contributed by atoms with van der Waals surface area (Å²) in [6.45, 7) is 13.4. The molecule has 6 nitrogen and oxygen atoms in total. The Morgan fingerprint density at radius 2 is 0.586 bits per heavy atom. The van der Waals surface area contributed by atoms with Gasteiger partial charge in [-0.1, -0.05) is 114 Å². The number of aromatic nitrogens is 4. The number of phenols is 2. The van der Waals surface area contributed by atoms with E-state index in [-0.39, 0.29) is 22.3 Å². The minimum Gasteiger partial charge on any atom is -0.508 e. The first-order valence-corrected chi connectivity index (χ1v) is 19.8. The standard InChI is InChI=1S/C52H46N4O2/c1-51(2,3)35-15-7-31(8-16-35)47-39-23-27-43(53-39)49(33-11-19-37(57)20-12-33)45-29-25-41(55-45)48(32-9-17-36(18-10-32)52(4,5)6)42-26-30-46(56-42)50(44-28-24-40(47)54-44)34-13-21-38(58)22-14-34/h7-30,53,56-58H,1-6H3. The Kier molecular flexibility index (Phi) is 8.81. The Balaban J connectivity index is 1.43. The molecule has 0 saturated heterocycles. The Labute approximate surface area is 339 Å². The van der Waals surface area contributed by atoms with E-state index in [9.17, 15) is 10.2 Å². The van der Waals surface area contributed by atoms with Gasteiger partial charge in [-0.2, -0.15) is 0 Å². The maximum absolute atomic E-state index is 10.3. The molecule has 9 rings (SSSR count). The molecular formula is C52H46N4O2. The summed E-state index contributed by atoms with van der Waals surface area (Å²) in [4.78, 5) is 18.4. The number of hydrogen-bond acceptors (Lipinski definition) is 4. The summed E-state index contributed by atoms with van der Waals surface area (Å²) in [5.41, 5.74) is 17.1.